The predicted octanol–water partition coefficient (Wildman–Crippen LogP) is 4.81. The summed E-state index contributed by atoms with van der Waals surface area (Å²) < 4.78 is 19.5. The number of furan rings is 1. The SMILES string of the molecule is O=C(c1ccc(-c2ccccc2F)o1)N1CCC(c2ccc(O)cc2)CC1. The molecule has 1 fully saturated rings. The summed E-state index contributed by atoms with van der Waals surface area (Å²) in [6.45, 7) is 1.28. The van der Waals surface area contributed by atoms with E-state index in [1.807, 2.05) is 12.1 Å². The maximum atomic E-state index is 13.9. The van der Waals surface area contributed by atoms with Gasteiger partial charge < -0.3 is 14.4 Å². The zero-order valence-electron chi connectivity index (χ0n) is 14.8. The van der Waals surface area contributed by atoms with Gasteiger partial charge in [0.25, 0.3) is 5.91 Å². The number of hydrogen-bond acceptors (Lipinski definition) is 3. The summed E-state index contributed by atoms with van der Waals surface area (Å²) in [7, 11) is 0. The summed E-state index contributed by atoms with van der Waals surface area (Å²) >= 11 is 0. The lowest BCUT2D eigenvalue weighted by molar-refractivity contribution is 0.0681. The first-order valence-corrected chi connectivity index (χ1v) is 9.05. The molecule has 0 aliphatic carbocycles. The molecule has 0 bridgehead atoms. The molecule has 1 saturated heterocycles. The molecule has 2 heterocycles. The van der Waals surface area contributed by atoms with Crippen LogP contribution in [-0.2, 0) is 0 Å². The van der Waals surface area contributed by atoms with E-state index in [0.29, 0.717) is 30.3 Å². The highest BCUT2D eigenvalue weighted by atomic mass is 19.1. The van der Waals surface area contributed by atoms with Crippen LogP contribution in [0.15, 0.2) is 65.1 Å². The van der Waals surface area contributed by atoms with Gasteiger partial charge in [-0.15, -0.1) is 0 Å². The maximum Gasteiger partial charge on any atom is 0.289 e. The first kappa shape index (κ1) is 17.3. The second kappa shape index (κ2) is 7.27. The fraction of sp³-hybridized carbons (Fsp3) is 0.227. The van der Waals surface area contributed by atoms with Crippen LogP contribution in [0, 0.1) is 5.82 Å². The fourth-order valence-electron chi connectivity index (χ4n) is 3.58. The van der Waals surface area contributed by atoms with Crippen molar-refractivity contribution in [3.8, 4) is 17.1 Å². The van der Waals surface area contributed by atoms with Crippen molar-refractivity contribution in [2.24, 2.45) is 0 Å². The molecular formula is C22H20FNO3. The Morgan fingerprint density at radius 3 is 2.41 bits per heavy atom. The van der Waals surface area contributed by atoms with Crippen LogP contribution in [0.5, 0.6) is 5.75 Å². The standard InChI is InChI=1S/C22H20FNO3/c23-19-4-2-1-3-18(19)20-9-10-21(27-20)22(26)24-13-11-16(12-14-24)15-5-7-17(25)8-6-15/h1-10,16,25H,11-14H2. The number of phenols is 1. The Morgan fingerprint density at radius 1 is 1.00 bits per heavy atom. The number of hydrogen-bond donors (Lipinski definition) is 1. The van der Waals surface area contributed by atoms with Crippen molar-refractivity contribution < 1.29 is 18.7 Å². The molecule has 0 spiro atoms. The monoisotopic (exact) mass is 365 g/mol. The van der Waals surface area contributed by atoms with Crippen molar-refractivity contribution in [2.45, 2.75) is 18.8 Å². The minimum Gasteiger partial charge on any atom is -0.508 e. The second-order valence-corrected chi connectivity index (χ2v) is 6.80. The molecule has 0 unspecified atom stereocenters. The van der Waals surface area contributed by atoms with Crippen LogP contribution < -0.4 is 0 Å². The third-order valence-electron chi connectivity index (χ3n) is 5.10. The molecular weight excluding hydrogens is 345 g/mol. The molecule has 1 aromatic heterocycles. The lowest BCUT2D eigenvalue weighted by Gasteiger charge is -2.31. The number of piperidine rings is 1. The molecule has 138 valence electrons. The fourth-order valence-corrected chi connectivity index (χ4v) is 3.58. The van der Waals surface area contributed by atoms with E-state index in [9.17, 15) is 14.3 Å². The summed E-state index contributed by atoms with van der Waals surface area (Å²) in [5.41, 5.74) is 1.53. The van der Waals surface area contributed by atoms with Gasteiger partial charge in [0.1, 0.15) is 17.3 Å². The van der Waals surface area contributed by atoms with Gasteiger partial charge in [-0.05, 0) is 60.7 Å². The van der Waals surface area contributed by atoms with Gasteiger partial charge in [0.05, 0.1) is 5.56 Å². The number of benzene rings is 2. The highest BCUT2D eigenvalue weighted by Gasteiger charge is 2.26. The van der Waals surface area contributed by atoms with E-state index >= 15 is 0 Å². The highest BCUT2D eigenvalue weighted by molar-refractivity contribution is 5.92. The van der Waals surface area contributed by atoms with Crippen molar-refractivity contribution in [3.05, 3.63) is 77.8 Å². The Morgan fingerprint density at radius 2 is 1.70 bits per heavy atom. The maximum absolute atomic E-state index is 13.9. The molecule has 1 amide bonds. The normalized spacial score (nSPS) is 15.1. The average molecular weight is 365 g/mol. The van der Waals surface area contributed by atoms with Crippen LogP contribution in [0.1, 0.15) is 34.9 Å². The van der Waals surface area contributed by atoms with Crippen LogP contribution in [0.3, 0.4) is 0 Å². The van der Waals surface area contributed by atoms with Crippen LogP contribution >= 0.6 is 0 Å². The van der Waals surface area contributed by atoms with E-state index < -0.39 is 0 Å². The first-order valence-electron chi connectivity index (χ1n) is 9.05. The van der Waals surface area contributed by atoms with E-state index in [2.05, 4.69) is 0 Å². The first-order chi connectivity index (χ1) is 13.1. The number of halogens is 1. The number of carbonyl (C=O) groups excluding carboxylic acids is 1. The zero-order chi connectivity index (χ0) is 18.8. The van der Waals surface area contributed by atoms with Gasteiger partial charge in [0, 0.05) is 13.1 Å². The number of nitrogens with zero attached hydrogens (tertiary/aromatic N) is 1. The van der Waals surface area contributed by atoms with E-state index in [-0.39, 0.29) is 23.2 Å². The van der Waals surface area contributed by atoms with Gasteiger partial charge in [-0.3, -0.25) is 4.79 Å². The lowest BCUT2D eigenvalue weighted by Crippen LogP contribution is -2.37. The minimum absolute atomic E-state index is 0.165. The summed E-state index contributed by atoms with van der Waals surface area (Å²) in [5.74, 6) is 0.684. The average Bonchev–Trinajstić information content (AvgIpc) is 3.18. The minimum atomic E-state index is -0.374. The van der Waals surface area contributed by atoms with Crippen molar-refractivity contribution in [2.75, 3.05) is 13.1 Å². The number of rotatable bonds is 3. The van der Waals surface area contributed by atoms with Crippen LogP contribution in [0.25, 0.3) is 11.3 Å². The molecule has 2 aromatic carbocycles. The molecule has 0 atom stereocenters. The van der Waals surface area contributed by atoms with Gasteiger partial charge in [0.15, 0.2) is 5.76 Å². The largest absolute Gasteiger partial charge is 0.508 e. The zero-order valence-corrected chi connectivity index (χ0v) is 14.8. The molecule has 0 saturated carbocycles. The Balaban J connectivity index is 1.43. The van der Waals surface area contributed by atoms with Gasteiger partial charge >= 0.3 is 0 Å². The molecule has 4 nitrogen and oxygen atoms in total. The Bertz CT molecular complexity index is 940. The number of carbonyl (C=O) groups is 1. The Hall–Kier alpha value is -3.08. The van der Waals surface area contributed by atoms with Gasteiger partial charge in [-0.2, -0.15) is 0 Å². The molecule has 5 heteroatoms. The lowest BCUT2D eigenvalue weighted by atomic mass is 9.89. The molecule has 1 aliphatic heterocycles. The summed E-state index contributed by atoms with van der Waals surface area (Å²) in [6.07, 6.45) is 1.72. The van der Waals surface area contributed by atoms with Crippen molar-refractivity contribution >= 4 is 5.91 Å². The number of amides is 1. The number of phenolic OH excluding ortho intramolecular Hbond substituents is 1. The third-order valence-corrected chi connectivity index (χ3v) is 5.10. The molecule has 1 N–H and O–H groups in total. The molecule has 1 aliphatic rings. The number of likely N-dealkylation sites (tertiary alicyclic amines) is 1. The molecule has 27 heavy (non-hydrogen) atoms. The summed E-state index contributed by atoms with van der Waals surface area (Å²) in [5, 5.41) is 9.41. The third kappa shape index (κ3) is 3.58. The van der Waals surface area contributed by atoms with Gasteiger partial charge in [-0.1, -0.05) is 24.3 Å². The smallest absolute Gasteiger partial charge is 0.289 e. The second-order valence-electron chi connectivity index (χ2n) is 6.80. The summed E-state index contributed by atoms with van der Waals surface area (Å²) in [4.78, 5) is 14.5. The quantitative estimate of drug-likeness (QED) is 0.725. The Kier molecular flexibility index (Phi) is 4.67. The molecule has 3 aromatic rings. The van der Waals surface area contributed by atoms with Crippen LogP contribution in [0.2, 0.25) is 0 Å². The number of aromatic hydroxyl groups is 1. The summed E-state index contributed by atoms with van der Waals surface area (Å²) in [6, 6.07) is 16.8. The van der Waals surface area contributed by atoms with Crippen molar-refractivity contribution in [1.29, 1.82) is 0 Å². The van der Waals surface area contributed by atoms with Crippen LogP contribution in [0.4, 0.5) is 4.39 Å². The Labute approximate surface area is 156 Å². The van der Waals surface area contributed by atoms with Crippen molar-refractivity contribution in [1.82, 2.24) is 4.90 Å². The van der Waals surface area contributed by atoms with Gasteiger partial charge in [0.2, 0.25) is 0 Å². The van der Waals surface area contributed by atoms with E-state index in [1.165, 1.54) is 11.6 Å². The van der Waals surface area contributed by atoms with Gasteiger partial charge in [-0.25, -0.2) is 4.39 Å². The predicted molar refractivity (Wildman–Crippen MR) is 100 cm³/mol. The van der Waals surface area contributed by atoms with Crippen molar-refractivity contribution in [3.63, 3.8) is 0 Å². The van der Waals surface area contributed by atoms with E-state index in [1.54, 1.807) is 47.4 Å². The van der Waals surface area contributed by atoms with E-state index in [4.69, 9.17) is 4.42 Å². The van der Waals surface area contributed by atoms with Crippen LogP contribution in [-0.4, -0.2) is 29.0 Å². The van der Waals surface area contributed by atoms with E-state index in [0.717, 1.165) is 12.8 Å². The highest BCUT2D eigenvalue weighted by Crippen LogP contribution is 2.30. The molecule has 4 rings (SSSR count). The molecule has 0 radical (unpaired) electrons. The topological polar surface area (TPSA) is 53.7 Å².